The Hall–Kier alpha value is -2.16. The molecule has 1 unspecified atom stereocenters. The van der Waals surface area contributed by atoms with Gasteiger partial charge in [0.15, 0.2) is 0 Å². The smallest absolute Gasteiger partial charge is 0.417 e. The highest BCUT2D eigenvalue weighted by molar-refractivity contribution is 5.98. The fraction of sp³-hybridized carbons (Fsp3) is 0.714. The van der Waals surface area contributed by atoms with Gasteiger partial charge in [0.1, 0.15) is 6.61 Å². The molecule has 1 atom stereocenters. The number of rotatable bonds is 9. The number of Topliss-reactive ketones (excluding diaryl/α,β-unsaturated/α-hetero) is 1. The second-order valence-corrected chi connectivity index (χ2v) is 5.72. The minimum atomic E-state index is -0.783. The van der Waals surface area contributed by atoms with Crippen LogP contribution in [0.1, 0.15) is 30.9 Å². The summed E-state index contributed by atoms with van der Waals surface area (Å²) in [6.07, 6.45) is -0.328. The first kappa shape index (κ1) is 18.9. The van der Waals surface area contributed by atoms with Crippen LogP contribution in [-0.4, -0.2) is 67.3 Å². The number of methoxy groups -OCH3 is 1. The minimum Gasteiger partial charge on any atom is -0.453 e. The Bertz CT molecular complexity index is 515. The molecule has 0 aromatic carbocycles. The lowest BCUT2D eigenvalue weighted by atomic mass is 10.00. The van der Waals surface area contributed by atoms with Gasteiger partial charge in [0, 0.05) is 6.54 Å². The molecule has 1 N–H and O–H groups in total. The van der Waals surface area contributed by atoms with E-state index in [0.29, 0.717) is 19.6 Å². The van der Waals surface area contributed by atoms with E-state index >= 15 is 0 Å². The maximum atomic E-state index is 12.4. The summed E-state index contributed by atoms with van der Waals surface area (Å²) in [6.45, 7) is 4.90. The molecule has 0 bridgehead atoms. The highest BCUT2D eigenvalue weighted by Crippen LogP contribution is 2.13. The van der Waals surface area contributed by atoms with Crippen molar-refractivity contribution in [1.82, 2.24) is 20.4 Å². The normalized spacial score (nSPS) is 12.3. The van der Waals surface area contributed by atoms with Gasteiger partial charge in [-0.25, -0.2) is 4.79 Å². The zero-order valence-corrected chi connectivity index (χ0v) is 14.2. The Labute approximate surface area is 135 Å². The van der Waals surface area contributed by atoms with Gasteiger partial charge in [0.2, 0.25) is 11.6 Å². The van der Waals surface area contributed by atoms with E-state index in [-0.39, 0.29) is 17.8 Å². The minimum absolute atomic E-state index is 0.0726. The number of likely N-dealkylation sites (N-methyl/N-ethyl adjacent to an activating group) is 1. The molecule has 0 radical (unpaired) electrons. The Kier molecular flexibility index (Phi) is 7.46. The zero-order chi connectivity index (χ0) is 17.4. The molecule has 1 heterocycles. The molecule has 1 aromatic heterocycles. The third-order valence-electron chi connectivity index (χ3n) is 2.89. The molecule has 0 spiro atoms. The molecule has 130 valence electrons. The van der Waals surface area contributed by atoms with Crippen molar-refractivity contribution in [2.45, 2.75) is 26.3 Å². The summed E-state index contributed by atoms with van der Waals surface area (Å²) < 4.78 is 14.7. The van der Waals surface area contributed by atoms with Crippen molar-refractivity contribution in [1.29, 1.82) is 0 Å². The lowest BCUT2D eigenvalue weighted by molar-refractivity contribution is 0.0904. The average Bonchev–Trinajstić information content (AvgIpc) is 2.93. The van der Waals surface area contributed by atoms with Gasteiger partial charge in [-0.2, -0.15) is 0 Å². The molecule has 0 fully saturated rings. The van der Waals surface area contributed by atoms with E-state index < -0.39 is 17.9 Å². The van der Waals surface area contributed by atoms with Crippen LogP contribution in [0.4, 0.5) is 4.79 Å². The predicted octanol–water partition coefficient (Wildman–Crippen LogP) is 0.963. The van der Waals surface area contributed by atoms with Crippen molar-refractivity contribution >= 4 is 11.9 Å². The van der Waals surface area contributed by atoms with E-state index in [2.05, 4.69) is 20.2 Å². The van der Waals surface area contributed by atoms with Crippen LogP contribution < -0.4 is 10.1 Å². The van der Waals surface area contributed by atoms with Crippen molar-refractivity contribution in [2.75, 3.05) is 34.4 Å². The fourth-order valence-corrected chi connectivity index (χ4v) is 1.74. The highest BCUT2D eigenvalue weighted by Gasteiger charge is 2.27. The Morgan fingerprint density at radius 2 is 2.04 bits per heavy atom. The second-order valence-electron chi connectivity index (χ2n) is 5.72. The Morgan fingerprint density at radius 3 is 2.61 bits per heavy atom. The first-order chi connectivity index (χ1) is 10.8. The van der Waals surface area contributed by atoms with Gasteiger partial charge < -0.3 is 19.7 Å². The number of hydrogen-bond donors (Lipinski definition) is 1. The number of carbonyl (C=O) groups excluding carboxylic acids is 2. The van der Waals surface area contributed by atoms with E-state index in [4.69, 9.17) is 9.26 Å². The maximum Gasteiger partial charge on any atom is 0.417 e. The number of ketones is 1. The summed E-state index contributed by atoms with van der Waals surface area (Å²) >= 11 is 0. The number of hydrogen-bond acceptors (Lipinski definition) is 8. The summed E-state index contributed by atoms with van der Waals surface area (Å²) in [6, 6.07) is -0.783. The number of carbonyl (C=O) groups is 2. The van der Waals surface area contributed by atoms with Crippen LogP contribution in [0.2, 0.25) is 0 Å². The number of nitrogens with zero attached hydrogens (tertiary/aromatic N) is 3. The summed E-state index contributed by atoms with van der Waals surface area (Å²) in [5.41, 5.74) is 0. The fourth-order valence-electron chi connectivity index (χ4n) is 1.74. The summed E-state index contributed by atoms with van der Waals surface area (Å²) in [5, 5.41) is 6.09. The second kappa shape index (κ2) is 9.09. The van der Waals surface area contributed by atoms with Gasteiger partial charge in [-0.05, 0) is 31.6 Å². The topological polar surface area (TPSA) is 107 Å². The van der Waals surface area contributed by atoms with Crippen LogP contribution in [0, 0.1) is 5.92 Å². The first-order valence-corrected chi connectivity index (χ1v) is 7.33. The van der Waals surface area contributed by atoms with Crippen molar-refractivity contribution < 1.29 is 23.6 Å². The van der Waals surface area contributed by atoms with Crippen LogP contribution in [0.5, 0.6) is 6.08 Å². The summed E-state index contributed by atoms with van der Waals surface area (Å²) in [7, 11) is 5.04. The third kappa shape index (κ3) is 6.64. The summed E-state index contributed by atoms with van der Waals surface area (Å²) in [5.74, 6) is -0.397. The maximum absolute atomic E-state index is 12.4. The lowest BCUT2D eigenvalue weighted by Gasteiger charge is -2.16. The predicted molar refractivity (Wildman–Crippen MR) is 81.5 cm³/mol. The molecular weight excluding hydrogens is 304 g/mol. The number of nitrogens with one attached hydrogen (secondary N) is 1. The van der Waals surface area contributed by atoms with E-state index in [1.54, 1.807) is 0 Å². The molecule has 9 nitrogen and oxygen atoms in total. The average molecular weight is 328 g/mol. The van der Waals surface area contributed by atoms with E-state index in [1.807, 2.05) is 32.8 Å². The summed E-state index contributed by atoms with van der Waals surface area (Å²) in [4.78, 5) is 29.6. The molecule has 0 aliphatic heterocycles. The number of amides is 1. The van der Waals surface area contributed by atoms with Crippen LogP contribution in [0.3, 0.4) is 0 Å². The van der Waals surface area contributed by atoms with Crippen LogP contribution in [0.25, 0.3) is 0 Å². The van der Waals surface area contributed by atoms with Crippen molar-refractivity contribution in [2.24, 2.45) is 5.92 Å². The molecule has 0 aliphatic carbocycles. The molecule has 1 aromatic rings. The SMILES string of the molecule is COC(=O)NC(CC(C)C)C(=O)c1noc(OCCN(C)C)n1. The zero-order valence-electron chi connectivity index (χ0n) is 14.2. The van der Waals surface area contributed by atoms with E-state index in [1.165, 1.54) is 7.11 Å². The molecule has 1 amide bonds. The van der Waals surface area contributed by atoms with E-state index in [0.717, 1.165) is 0 Å². The van der Waals surface area contributed by atoms with Gasteiger partial charge in [-0.1, -0.05) is 13.8 Å². The van der Waals surface area contributed by atoms with Crippen molar-refractivity contribution in [3.63, 3.8) is 0 Å². The Balaban J connectivity index is 2.71. The molecule has 0 aliphatic rings. The molecule has 9 heteroatoms. The third-order valence-corrected chi connectivity index (χ3v) is 2.89. The van der Waals surface area contributed by atoms with Gasteiger partial charge in [0.25, 0.3) is 0 Å². The molecule has 0 saturated carbocycles. The van der Waals surface area contributed by atoms with Crippen LogP contribution in [-0.2, 0) is 4.74 Å². The first-order valence-electron chi connectivity index (χ1n) is 7.33. The molecular formula is C14H24N4O5. The van der Waals surface area contributed by atoms with Gasteiger partial charge in [-0.15, -0.1) is 4.98 Å². The van der Waals surface area contributed by atoms with Gasteiger partial charge >= 0.3 is 12.2 Å². The Morgan fingerprint density at radius 1 is 1.35 bits per heavy atom. The number of aromatic nitrogens is 2. The van der Waals surface area contributed by atoms with E-state index in [9.17, 15) is 9.59 Å². The van der Waals surface area contributed by atoms with Crippen molar-refractivity contribution in [3.05, 3.63) is 5.82 Å². The van der Waals surface area contributed by atoms with Crippen LogP contribution in [0.15, 0.2) is 4.52 Å². The lowest BCUT2D eigenvalue weighted by Crippen LogP contribution is -2.42. The van der Waals surface area contributed by atoms with Gasteiger partial charge in [-0.3, -0.25) is 9.32 Å². The van der Waals surface area contributed by atoms with Crippen LogP contribution >= 0.6 is 0 Å². The largest absolute Gasteiger partial charge is 0.453 e. The molecule has 0 saturated heterocycles. The quantitative estimate of drug-likeness (QED) is 0.668. The number of ether oxygens (including phenoxy) is 2. The monoisotopic (exact) mass is 328 g/mol. The highest BCUT2D eigenvalue weighted by atomic mass is 16.6. The standard InChI is InChI=1S/C14H24N4O5/c1-9(2)8-10(15-13(20)21-5)11(19)12-16-14(23-17-12)22-7-6-18(3)4/h9-10H,6-8H2,1-5H3,(H,15,20). The number of alkyl carbamates (subject to hydrolysis) is 1. The molecule has 23 heavy (non-hydrogen) atoms. The molecule has 1 rings (SSSR count). The van der Waals surface area contributed by atoms with Crippen molar-refractivity contribution in [3.8, 4) is 6.08 Å². The van der Waals surface area contributed by atoms with Gasteiger partial charge in [0.05, 0.1) is 13.2 Å².